The van der Waals surface area contributed by atoms with Gasteiger partial charge in [-0.3, -0.25) is 9.69 Å². The fraction of sp³-hybridized carbons (Fsp3) is 0.520. The fourth-order valence-corrected chi connectivity index (χ4v) is 3.87. The zero-order chi connectivity index (χ0) is 26.5. The molecule has 2 N–H and O–H groups in total. The zero-order valence-electron chi connectivity index (χ0n) is 21.2. The predicted molar refractivity (Wildman–Crippen MR) is 129 cm³/mol. The van der Waals surface area contributed by atoms with E-state index in [9.17, 15) is 19.5 Å². The van der Waals surface area contributed by atoms with Crippen molar-refractivity contribution in [2.75, 3.05) is 27.4 Å². The lowest BCUT2D eigenvalue weighted by molar-refractivity contribution is -0.113. The van der Waals surface area contributed by atoms with Gasteiger partial charge in [-0.25, -0.2) is 14.6 Å². The second-order valence-electron chi connectivity index (χ2n) is 9.65. The number of ether oxygens (including phenoxy) is 4. The molecule has 2 unspecified atom stereocenters. The SMILES string of the molecule is COC(=O)c1nc(C2(N(C)C(=O)OC(C)(C)C)CCC(COCc3ccccc3)OC2)[nH]c(=O)c1O. The molecule has 0 spiro atoms. The van der Waals surface area contributed by atoms with Gasteiger partial charge >= 0.3 is 12.1 Å². The Hall–Kier alpha value is -3.44. The number of benzene rings is 1. The maximum atomic E-state index is 13.0. The van der Waals surface area contributed by atoms with Gasteiger partial charge < -0.3 is 29.0 Å². The molecule has 0 aliphatic carbocycles. The molecule has 0 saturated carbocycles. The van der Waals surface area contributed by atoms with Crippen LogP contribution in [0.4, 0.5) is 4.79 Å². The molecule has 11 heteroatoms. The highest BCUT2D eigenvalue weighted by atomic mass is 16.6. The van der Waals surface area contributed by atoms with Gasteiger partial charge in [-0.2, -0.15) is 0 Å². The summed E-state index contributed by atoms with van der Waals surface area (Å²) in [5.41, 5.74) is -2.52. The average Bonchev–Trinajstić information content (AvgIpc) is 2.84. The molecule has 1 aliphatic heterocycles. The number of H-pyrrole nitrogens is 1. The molecule has 2 atom stereocenters. The molecule has 2 aromatic rings. The summed E-state index contributed by atoms with van der Waals surface area (Å²) in [7, 11) is 2.62. The number of aromatic amines is 1. The number of rotatable bonds is 7. The van der Waals surface area contributed by atoms with Crippen molar-refractivity contribution in [1.29, 1.82) is 0 Å². The number of likely N-dealkylation sites (N-methyl/N-ethyl adjacent to an activating group) is 1. The Morgan fingerprint density at radius 1 is 1.28 bits per heavy atom. The number of nitrogens with one attached hydrogen (secondary N) is 1. The molecular weight excluding hydrogens is 470 g/mol. The Kier molecular flexibility index (Phi) is 8.36. The maximum absolute atomic E-state index is 13.0. The number of hydrogen-bond donors (Lipinski definition) is 2. The Bertz CT molecular complexity index is 1120. The van der Waals surface area contributed by atoms with Gasteiger partial charge in [0.1, 0.15) is 17.0 Å². The van der Waals surface area contributed by atoms with Crippen molar-refractivity contribution in [3.8, 4) is 5.75 Å². The van der Waals surface area contributed by atoms with Gasteiger partial charge in [-0.15, -0.1) is 0 Å². The van der Waals surface area contributed by atoms with E-state index in [0.29, 0.717) is 26.1 Å². The standard InChI is InChI=1S/C25H33N3O8/c1-24(2,3)36-23(32)28(4)25(22-26-18(21(31)33-5)19(29)20(30)27-22)12-11-17(35-15-25)14-34-13-16-9-7-6-8-10-16/h6-10,17,29H,11-15H2,1-5H3,(H,26,27,30). The van der Waals surface area contributed by atoms with Crippen LogP contribution < -0.4 is 5.56 Å². The highest BCUT2D eigenvalue weighted by molar-refractivity contribution is 5.89. The molecule has 11 nitrogen and oxygen atoms in total. The normalized spacial score (nSPS) is 20.0. The van der Waals surface area contributed by atoms with Crippen molar-refractivity contribution < 1.29 is 33.6 Å². The molecule has 196 valence electrons. The number of carbonyl (C=O) groups is 2. The summed E-state index contributed by atoms with van der Waals surface area (Å²) >= 11 is 0. The molecule has 1 aliphatic rings. The number of hydrogen-bond acceptors (Lipinski definition) is 9. The first-order valence-electron chi connectivity index (χ1n) is 11.6. The number of esters is 1. The van der Waals surface area contributed by atoms with Crippen LogP contribution in [0, 0.1) is 0 Å². The molecular formula is C25H33N3O8. The second-order valence-corrected chi connectivity index (χ2v) is 9.65. The van der Waals surface area contributed by atoms with E-state index >= 15 is 0 Å². The van der Waals surface area contributed by atoms with Crippen LogP contribution in [0.25, 0.3) is 0 Å². The lowest BCUT2D eigenvalue weighted by Gasteiger charge is -2.45. The Morgan fingerprint density at radius 3 is 2.56 bits per heavy atom. The van der Waals surface area contributed by atoms with E-state index in [1.807, 2.05) is 30.3 Å². The molecule has 1 amide bonds. The van der Waals surface area contributed by atoms with Crippen molar-refractivity contribution in [3.63, 3.8) is 0 Å². The van der Waals surface area contributed by atoms with Crippen LogP contribution >= 0.6 is 0 Å². The van der Waals surface area contributed by atoms with Crippen molar-refractivity contribution in [2.24, 2.45) is 0 Å². The van der Waals surface area contributed by atoms with Crippen LogP contribution in [-0.4, -0.2) is 71.1 Å². The third kappa shape index (κ3) is 6.21. The highest BCUT2D eigenvalue weighted by Gasteiger charge is 2.47. The second kappa shape index (κ2) is 11.1. The topological polar surface area (TPSA) is 140 Å². The van der Waals surface area contributed by atoms with E-state index in [-0.39, 0.29) is 18.5 Å². The molecule has 0 radical (unpaired) electrons. The minimum absolute atomic E-state index is 0.0253. The summed E-state index contributed by atoms with van der Waals surface area (Å²) in [4.78, 5) is 45.7. The first kappa shape index (κ1) is 27.2. The zero-order valence-corrected chi connectivity index (χ0v) is 21.2. The predicted octanol–water partition coefficient (Wildman–Crippen LogP) is 2.72. The summed E-state index contributed by atoms with van der Waals surface area (Å²) in [6.07, 6.45) is -0.158. The summed E-state index contributed by atoms with van der Waals surface area (Å²) < 4.78 is 22.1. The van der Waals surface area contributed by atoms with Gasteiger partial charge in [-0.1, -0.05) is 30.3 Å². The molecule has 1 saturated heterocycles. The van der Waals surface area contributed by atoms with Crippen molar-refractivity contribution >= 4 is 12.1 Å². The Labute approximate surface area is 209 Å². The minimum Gasteiger partial charge on any atom is -0.501 e. The van der Waals surface area contributed by atoms with E-state index in [0.717, 1.165) is 12.7 Å². The molecule has 36 heavy (non-hydrogen) atoms. The van der Waals surface area contributed by atoms with Gasteiger partial charge in [0.05, 0.1) is 33.0 Å². The smallest absolute Gasteiger partial charge is 0.410 e. The number of methoxy groups -OCH3 is 1. The molecule has 1 aromatic carbocycles. The van der Waals surface area contributed by atoms with Gasteiger partial charge in [0, 0.05) is 7.05 Å². The molecule has 0 bridgehead atoms. The third-order valence-electron chi connectivity index (χ3n) is 5.88. The van der Waals surface area contributed by atoms with E-state index in [2.05, 4.69) is 14.7 Å². The maximum Gasteiger partial charge on any atom is 0.410 e. The average molecular weight is 504 g/mol. The van der Waals surface area contributed by atoms with Crippen LogP contribution in [0.3, 0.4) is 0 Å². The summed E-state index contributed by atoms with van der Waals surface area (Å²) in [6.45, 7) is 5.90. The number of carbonyl (C=O) groups excluding carboxylic acids is 2. The minimum atomic E-state index is -1.28. The van der Waals surface area contributed by atoms with Crippen LogP contribution in [-0.2, 0) is 31.1 Å². The molecule has 2 heterocycles. The number of aromatic hydroxyl groups is 1. The van der Waals surface area contributed by atoms with Crippen LogP contribution in [0.15, 0.2) is 35.1 Å². The quantitative estimate of drug-likeness (QED) is 0.546. The number of amides is 1. The first-order valence-corrected chi connectivity index (χ1v) is 11.6. The van der Waals surface area contributed by atoms with Crippen LogP contribution in [0.2, 0.25) is 0 Å². The number of aromatic nitrogens is 2. The van der Waals surface area contributed by atoms with Gasteiger partial charge in [0.15, 0.2) is 5.69 Å². The first-order chi connectivity index (χ1) is 17.0. The van der Waals surface area contributed by atoms with Crippen molar-refractivity contribution in [3.05, 3.63) is 57.8 Å². The van der Waals surface area contributed by atoms with Crippen LogP contribution in [0.5, 0.6) is 5.75 Å². The fourth-order valence-electron chi connectivity index (χ4n) is 3.87. The molecule has 3 rings (SSSR count). The van der Waals surface area contributed by atoms with Crippen molar-refractivity contribution in [1.82, 2.24) is 14.9 Å². The van der Waals surface area contributed by atoms with Gasteiger partial charge in [0.25, 0.3) is 5.56 Å². The third-order valence-corrected chi connectivity index (χ3v) is 5.88. The molecule has 1 aromatic heterocycles. The van der Waals surface area contributed by atoms with E-state index in [1.54, 1.807) is 20.8 Å². The Balaban J connectivity index is 1.86. The monoisotopic (exact) mass is 503 g/mol. The van der Waals surface area contributed by atoms with Gasteiger partial charge in [0.2, 0.25) is 5.75 Å². The summed E-state index contributed by atoms with van der Waals surface area (Å²) in [5.74, 6) is -1.88. The van der Waals surface area contributed by atoms with Crippen LogP contribution in [0.1, 0.15) is 55.5 Å². The highest BCUT2D eigenvalue weighted by Crippen LogP contribution is 2.37. The van der Waals surface area contributed by atoms with E-state index < -0.39 is 40.2 Å². The van der Waals surface area contributed by atoms with Gasteiger partial charge in [-0.05, 0) is 39.2 Å². The summed E-state index contributed by atoms with van der Waals surface area (Å²) in [5, 5.41) is 10.1. The largest absolute Gasteiger partial charge is 0.501 e. The lowest BCUT2D eigenvalue weighted by Crippen LogP contribution is -2.56. The molecule has 1 fully saturated rings. The summed E-state index contributed by atoms with van der Waals surface area (Å²) in [6, 6.07) is 9.74. The van der Waals surface area contributed by atoms with E-state index in [4.69, 9.17) is 14.2 Å². The lowest BCUT2D eigenvalue weighted by atomic mass is 9.87. The number of nitrogens with zero attached hydrogens (tertiary/aromatic N) is 2. The van der Waals surface area contributed by atoms with Crippen molar-refractivity contribution in [2.45, 2.75) is 57.5 Å². The Morgan fingerprint density at radius 2 is 1.97 bits per heavy atom. The van der Waals surface area contributed by atoms with E-state index in [1.165, 1.54) is 11.9 Å².